The highest BCUT2D eigenvalue weighted by Gasteiger charge is 2.42. The van der Waals surface area contributed by atoms with Crippen LogP contribution in [0.25, 0.3) is 0 Å². The predicted molar refractivity (Wildman–Crippen MR) is 110 cm³/mol. The summed E-state index contributed by atoms with van der Waals surface area (Å²) in [6, 6.07) is 14.0. The van der Waals surface area contributed by atoms with Crippen LogP contribution in [0.4, 0.5) is 14.9 Å². The zero-order valence-electron chi connectivity index (χ0n) is 16.3. The monoisotopic (exact) mass is 431 g/mol. The minimum Gasteiger partial charge on any atom is -0.312 e. The summed E-state index contributed by atoms with van der Waals surface area (Å²) >= 11 is 0. The number of carbonyl (C=O) groups excluding carboxylic acids is 2. The summed E-state index contributed by atoms with van der Waals surface area (Å²) in [4.78, 5) is 27.9. The number of para-hydroxylation sites is 1. The first-order chi connectivity index (χ1) is 14.4. The number of hydrogen-bond acceptors (Lipinski definition) is 4. The average molecular weight is 431 g/mol. The van der Waals surface area contributed by atoms with Gasteiger partial charge < -0.3 is 4.90 Å². The molecule has 0 spiro atoms. The van der Waals surface area contributed by atoms with E-state index < -0.39 is 21.6 Å². The summed E-state index contributed by atoms with van der Waals surface area (Å²) < 4.78 is 40.6. The van der Waals surface area contributed by atoms with Crippen LogP contribution in [0.2, 0.25) is 0 Å². The minimum absolute atomic E-state index is 0.0135. The van der Waals surface area contributed by atoms with Crippen molar-refractivity contribution in [3.05, 3.63) is 66.0 Å². The molecule has 0 atom stereocenters. The van der Waals surface area contributed by atoms with Gasteiger partial charge in [-0.1, -0.05) is 36.4 Å². The molecular weight excluding hydrogens is 409 g/mol. The lowest BCUT2D eigenvalue weighted by molar-refractivity contribution is -0.116. The Morgan fingerprint density at radius 2 is 1.57 bits per heavy atom. The normalized spacial score (nSPS) is 19.0. The number of urea groups is 1. The van der Waals surface area contributed by atoms with E-state index in [1.54, 1.807) is 30.3 Å². The van der Waals surface area contributed by atoms with Crippen LogP contribution in [0, 0.1) is 5.82 Å². The molecule has 0 unspecified atom stereocenters. The first kappa shape index (κ1) is 20.5. The van der Waals surface area contributed by atoms with E-state index >= 15 is 0 Å². The smallest absolute Gasteiger partial charge is 0.312 e. The molecule has 2 heterocycles. The molecule has 2 aromatic carbocycles. The van der Waals surface area contributed by atoms with E-state index in [2.05, 4.69) is 0 Å². The first-order valence-electron chi connectivity index (χ1n) is 9.76. The molecule has 2 saturated heterocycles. The van der Waals surface area contributed by atoms with Crippen molar-refractivity contribution in [3.63, 3.8) is 0 Å². The number of imide groups is 1. The minimum atomic E-state index is -3.67. The number of piperidine rings is 1. The van der Waals surface area contributed by atoms with Gasteiger partial charge in [0, 0.05) is 24.7 Å². The fraction of sp³-hybridized carbons (Fsp3) is 0.333. The van der Waals surface area contributed by atoms with Gasteiger partial charge in [-0.05, 0) is 31.0 Å². The van der Waals surface area contributed by atoms with Crippen LogP contribution in [0.5, 0.6) is 0 Å². The zero-order chi connectivity index (χ0) is 21.3. The van der Waals surface area contributed by atoms with E-state index in [-0.39, 0.29) is 43.2 Å². The molecule has 3 amide bonds. The third-order valence-electron chi connectivity index (χ3n) is 5.56. The van der Waals surface area contributed by atoms with Crippen LogP contribution in [0.1, 0.15) is 18.4 Å². The molecule has 4 rings (SSSR count). The van der Waals surface area contributed by atoms with Crippen molar-refractivity contribution in [3.8, 4) is 0 Å². The van der Waals surface area contributed by atoms with Gasteiger partial charge in [0.1, 0.15) is 12.4 Å². The summed E-state index contributed by atoms with van der Waals surface area (Å²) in [5, 5.41) is 0. The largest absolute Gasteiger partial charge is 0.332 e. The number of hydrogen-bond donors (Lipinski definition) is 0. The van der Waals surface area contributed by atoms with Crippen LogP contribution >= 0.6 is 0 Å². The number of nitrogens with zero attached hydrogens (tertiary/aromatic N) is 3. The molecule has 2 fully saturated rings. The van der Waals surface area contributed by atoms with Crippen LogP contribution in [0.15, 0.2) is 54.6 Å². The standard InChI is InChI=1S/C21H22FN3O4S/c22-19-9-5-4-6-16(19)15-30(28,29)23-12-10-17(11-13-23)24-14-20(26)25(21(24)27)18-7-2-1-3-8-18/h1-9,17H,10-15H2. The summed E-state index contributed by atoms with van der Waals surface area (Å²) in [7, 11) is -3.67. The molecule has 0 radical (unpaired) electrons. The van der Waals surface area contributed by atoms with Crippen molar-refractivity contribution in [1.82, 2.24) is 9.21 Å². The van der Waals surface area contributed by atoms with Crippen LogP contribution in [-0.4, -0.2) is 55.2 Å². The Kier molecular flexibility index (Phi) is 5.57. The highest BCUT2D eigenvalue weighted by atomic mass is 32.2. The van der Waals surface area contributed by atoms with Crippen molar-refractivity contribution in [2.24, 2.45) is 0 Å². The number of amides is 3. The highest BCUT2D eigenvalue weighted by molar-refractivity contribution is 7.88. The second-order valence-electron chi connectivity index (χ2n) is 7.45. The lowest BCUT2D eigenvalue weighted by atomic mass is 10.1. The number of carbonyl (C=O) groups is 2. The van der Waals surface area contributed by atoms with Gasteiger partial charge in [0.05, 0.1) is 11.4 Å². The van der Waals surface area contributed by atoms with Gasteiger partial charge in [-0.3, -0.25) is 4.79 Å². The van der Waals surface area contributed by atoms with Crippen LogP contribution < -0.4 is 4.90 Å². The number of sulfonamides is 1. The van der Waals surface area contributed by atoms with E-state index in [4.69, 9.17) is 0 Å². The summed E-state index contributed by atoms with van der Waals surface area (Å²) in [6.45, 7) is 0.440. The van der Waals surface area contributed by atoms with Gasteiger partial charge in [0.15, 0.2) is 0 Å². The number of anilines is 1. The Bertz CT molecular complexity index is 1050. The Morgan fingerprint density at radius 1 is 0.933 bits per heavy atom. The Hall–Kier alpha value is -2.78. The third-order valence-corrected chi connectivity index (χ3v) is 7.39. The molecule has 2 aliphatic rings. The van der Waals surface area contributed by atoms with Gasteiger partial charge in [0.2, 0.25) is 10.0 Å². The Balaban J connectivity index is 1.40. The van der Waals surface area contributed by atoms with Crippen molar-refractivity contribution < 1.29 is 22.4 Å². The molecule has 9 heteroatoms. The van der Waals surface area contributed by atoms with E-state index in [0.717, 1.165) is 0 Å². The second kappa shape index (κ2) is 8.16. The van der Waals surface area contributed by atoms with Gasteiger partial charge in [0.25, 0.3) is 5.91 Å². The Morgan fingerprint density at radius 3 is 2.23 bits per heavy atom. The molecule has 7 nitrogen and oxygen atoms in total. The maximum Gasteiger partial charge on any atom is 0.332 e. The molecule has 0 bridgehead atoms. The average Bonchev–Trinajstić information content (AvgIpc) is 3.04. The predicted octanol–water partition coefficient (Wildman–Crippen LogP) is 2.59. The maximum absolute atomic E-state index is 13.8. The molecule has 0 saturated carbocycles. The topological polar surface area (TPSA) is 78.0 Å². The first-order valence-corrected chi connectivity index (χ1v) is 11.4. The van der Waals surface area contributed by atoms with E-state index in [1.807, 2.05) is 6.07 Å². The molecule has 158 valence electrons. The van der Waals surface area contributed by atoms with E-state index in [9.17, 15) is 22.4 Å². The maximum atomic E-state index is 13.8. The summed E-state index contributed by atoms with van der Waals surface area (Å²) in [6.07, 6.45) is 0.857. The Labute approximate surface area is 174 Å². The lowest BCUT2D eigenvalue weighted by Crippen LogP contribution is -2.48. The van der Waals surface area contributed by atoms with Crippen LogP contribution in [0.3, 0.4) is 0 Å². The second-order valence-corrected chi connectivity index (χ2v) is 9.42. The van der Waals surface area contributed by atoms with Crippen LogP contribution in [-0.2, 0) is 20.6 Å². The number of halogens is 1. The lowest BCUT2D eigenvalue weighted by Gasteiger charge is -2.35. The molecule has 30 heavy (non-hydrogen) atoms. The summed E-state index contributed by atoms with van der Waals surface area (Å²) in [5.41, 5.74) is 0.665. The van der Waals surface area contributed by atoms with E-state index in [0.29, 0.717) is 18.5 Å². The molecule has 0 N–H and O–H groups in total. The number of rotatable bonds is 5. The van der Waals surface area contributed by atoms with Gasteiger partial charge >= 0.3 is 6.03 Å². The highest BCUT2D eigenvalue weighted by Crippen LogP contribution is 2.27. The van der Waals surface area contributed by atoms with Crippen molar-refractivity contribution in [2.75, 3.05) is 24.5 Å². The molecule has 2 aliphatic heterocycles. The summed E-state index contributed by atoms with van der Waals surface area (Å²) in [5.74, 6) is -1.23. The third kappa shape index (κ3) is 3.95. The van der Waals surface area contributed by atoms with Gasteiger partial charge in [-0.15, -0.1) is 0 Å². The number of benzene rings is 2. The molecule has 0 aromatic heterocycles. The van der Waals surface area contributed by atoms with Crippen molar-refractivity contribution >= 4 is 27.6 Å². The van der Waals surface area contributed by atoms with Gasteiger partial charge in [-0.25, -0.2) is 26.8 Å². The van der Waals surface area contributed by atoms with Crippen molar-refractivity contribution in [2.45, 2.75) is 24.6 Å². The van der Waals surface area contributed by atoms with E-state index in [1.165, 1.54) is 32.3 Å². The van der Waals surface area contributed by atoms with Crippen molar-refractivity contribution in [1.29, 1.82) is 0 Å². The van der Waals surface area contributed by atoms with Gasteiger partial charge in [-0.2, -0.15) is 0 Å². The zero-order valence-corrected chi connectivity index (χ0v) is 17.1. The fourth-order valence-electron chi connectivity index (χ4n) is 3.97. The quantitative estimate of drug-likeness (QED) is 0.682. The molecular formula is C21H22FN3O4S. The molecule has 2 aromatic rings. The molecule has 0 aliphatic carbocycles. The SMILES string of the molecule is O=C1CN(C2CCN(S(=O)(=O)Cc3ccccc3F)CC2)C(=O)N1c1ccccc1. The fourth-order valence-corrected chi connectivity index (χ4v) is 5.55.